The molecule has 1 aromatic heterocycles. The van der Waals surface area contributed by atoms with Gasteiger partial charge in [-0.1, -0.05) is 0 Å². The second-order valence-corrected chi connectivity index (χ2v) is 5.22. The van der Waals surface area contributed by atoms with Crippen molar-refractivity contribution in [2.75, 3.05) is 39.8 Å². The molecule has 0 amide bonds. The Morgan fingerprint density at radius 2 is 2.15 bits per heavy atom. The molecule has 1 aliphatic heterocycles. The largest absolute Gasteiger partial charge is 0.497 e. The van der Waals surface area contributed by atoms with Gasteiger partial charge < -0.3 is 20.1 Å². The number of aliphatic hydroxyl groups is 1. The zero-order valence-electron chi connectivity index (χ0n) is 11.7. The van der Waals surface area contributed by atoms with Crippen LogP contribution in [0.3, 0.4) is 0 Å². The van der Waals surface area contributed by atoms with E-state index in [4.69, 9.17) is 4.74 Å². The summed E-state index contributed by atoms with van der Waals surface area (Å²) < 4.78 is 5.22. The summed E-state index contributed by atoms with van der Waals surface area (Å²) in [7, 11) is 1.66. The first-order valence-corrected chi connectivity index (χ1v) is 7.04. The summed E-state index contributed by atoms with van der Waals surface area (Å²) in [5.74, 6) is 0.822. The summed E-state index contributed by atoms with van der Waals surface area (Å²) in [6, 6.07) is 5.88. The molecule has 1 aliphatic rings. The number of hydrogen-bond donors (Lipinski definition) is 3. The van der Waals surface area contributed by atoms with Crippen LogP contribution in [0.15, 0.2) is 24.4 Å². The number of hydrogen-bond acceptors (Lipinski definition) is 4. The fourth-order valence-corrected chi connectivity index (χ4v) is 2.77. The van der Waals surface area contributed by atoms with Gasteiger partial charge in [-0.15, -0.1) is 0 Å². The van der Waals surface area contributed by atoms with Crippen molar-refractivity contribution in [2.45, 2.75) is 6.10 Å². The van der Waals surface area contributed by atoms with Gasteiger partial charge in [0.15, 0.2) is 0 Å². The summed E-state index contributed by atoms with van der Waals surface area (Å²) in [5.41, 5.74) is 1.96. The van der Waals surface area contributed by atoms with Crippen molar-refractivity contribution in [2.24, 2.45) is 0 Å². The zero-order valence-corrected chi connectivity index (χ0v) is 11.7. The third-order valence-corrected chi connectivity index (χ3v) is 3.92. The number of nitrogens with zero attached hydrogens (tertiary/aromatic N) is 1. The van der Waals surface area contributed by atoms with Gasteiger partial charge in [-0.2, -0.15) is 0 Å². The van der Waals surface area contributed by atoms with E-state index in [9.17, 15) is 5.11 Å². The number of fused-ring (bicyclic) bond motifs is 1. The molecule has 0 radical (unpaired) electrons. The van der Waals surface area contributed by atoms with Gasteiger partial charge in [0.1, 0.15) is 5.75 Å². The minimum absolute atomic E-state index is 0.463. The Labute approximate surface area is 118 Å². The van der Waals surface area contributed by atoms with Gasteiger partial charge in [0.05, 0.1) is 13.2 Å². The van der Waals surface area contributed by atoms with Crippen LogP contribution in [-0.4, -0.2) is 54.8 Å². The number of H-pyrrole nitrogens is 1. The van der Waals surface area contributed by atoms with Gasteiger partial charge in [0, 0.05) is 61.5 Å². The van der Waals surface area contributed by atoms with Gasteiger partial charge in [-0.25, -0.2) is 0 Å². The van der Waals surface area contributed by atoms with Crippen LogP contribution in [0.5, 0.6) is 5.75 Å². The number of aromatic nitrogens is 1. The first-order valence-electron chi connectivity index (χ1n) is 7.04. The Morgan fingerprint density at radius 3 is 2.90 bits per heavy atom. The van der Waals surface area contributed by atoms with Gasteiger partial charge >= 0.3 is 0 Å². The van der Waals surface area contributed by atoms with Crippen LogP contribution in [0, 0.1) is 0 Å². The van der Waals surface area contributed by atoms with Crippen molar-refractivity contribution >= 4 is 10.9 Å². The van der Waals surface area contributed by atoms with Crippen LogP contribution in [0.2, 0.25) is 0 Å². The number of methoxy groups -OCH3 is 1. The molecule has 1 saturated heterocycles. The van der Waals surface area contributed by atoms with Crippen molar-refractivity contribution in [1.82, 2.24) is 15.2 Å². The summed E-state index contributed by atoms with van der Waals surface area (Å²) in [6.45, 7) is 4.66. The Hall–Kier alpha value is -1.56. The topological polar surface area (TPSA) is 60.5 Å². The maximum atomic E-state index is 10.5. The number of ether oxygens (including phenoxy) is 1. The molecule has 0 bridgehead atoms. The standard InChI is InChI=1S/C15H21N3O2/c1-20-11-2-3-12-13(9-17-14(12)8-11)15(19)10-18-6-4-16-5-7-18/h2-3,8-9,15-17,19H,4-7,10H2,1H3. The lowest BCUT2D eigenvalue weighted by Gasteiger charge is -2.29. The molecule has 3 rings (SSSR count). The number of aliphatic hydroxyl groups excluding tert-OH is 1. The molecule has 5 heteroatoms. The van der Waals surface area contributed by atoms with Crippen molar-refractivity contribution in [3.05, 3.63) is 30.0 Å². The highest BCUT2D eigenvalue weighted by Crippen LogP contribution is 2.27. The highest BCUT2D eigenvalue weighted by atomic mass is 16.5. The van der Waals surface area contributed by atoms with E-state index in [0.717, 1.165) is 48.4 Å². The van der Waals surface area contributed by atoms with Crippen LogP contribution < -0.4 is 10.1 Å². The van der Waals surface area contributed by atoms with Crippen LogP contribution >= 0.6 is 0 Å². The van der Waals surface area contributed by atoms with E-state index in [-0.39, 0.29) is 0 Å². The van der Waals surface area contributed by atoms with E-state index in [2.05, 4.69) is 15.2 Å². The maximum absolute atomic E-state index is 10.5. The highest BCUT2D eigenvalue weighted by Gasteiger charge is 2.18. The summed E-state index contributed by atoms with van der Waals surface area (Å²) in [4.78, 5) is 5.51. The van der Waals surface area contributed by atoms with E-state index >= 15 is 0 Å². The minimum Gasteiger partial charge on any atom is -0.497 e. The molecule has 108 valence electrons. The van der Waals surface area contributed by atoms with Gasteiger partial charge in [-0.3, -0.25) is 4.90 Å². The number of benzene rings is 1. The average molecular weight is 275 g/mol. The van der Waals surface area contributed by atoms with Crippen LogP contribution in [-0.2, 0) is 0 Å². The number of nitrogens with one attached hydrogen (secondary N) is 2. The highest BCUT2D eigenvalue weighted by molar-refractivity contribution is 5.84. The maximum Gasteiger partial charge on any atom is 0.120 e. The molecular formula is C15H21N3O2. The predicted octanol–water partition coefficient (Wildman–Crippen LogP) is 1.12. The summed E-state index contributed by atoms with van der Waals surface area (Å²) in [6.07, 6.45) is 1.44. The van der Waals surface area contributed by atoms with E-state index in [0.29, 0.717) is 6.54 Å². The van der Waals surface area contributed by atoms with Crippen molar-refractivity contribution in [3.63, 3.8) is 0 Å². The average Bonchev–Trinajstić information content (AvgIpc) is 2.91. The minimum atomic E-state index is -0.463. The fraction of sp³-hybridized carbons (Fsp3) is 0.467. The molecule has 3 N–H and O–H groups in total. The molecule has 0 saturated carbocycles. The molecular weight excluding hydrogens is 254 g/mol. The van der Waals surface area contributed by atoms with Crippen LogP contribution in [0.1, 0.15) is 11.7 Å². The SMILES string of the molecule is COc1ccc2c(C(O)CN3CCNCC3)c[nH]c2c1. The Balaban J connectivity index is 1.78. The lowest BCUT2D eigenvalue weighted by atomic mass is 10.1. The number of piperazine rings is 1. The van der Waals surface area contributed by atoms with Crippen molar-refractivity contribution in [1.29, 1.82) is 0 Å². The monoisotopic (exact) mass is 275 g/mol. The molecule has 1 unspecified atom stereocenters. The Morgan fingerprint density at radius 1 is 1.35 bits per heavy atom. The van der Waals surface area contributed by atoms with E-state index in [1.165, 1.54) is 0 Å². The Bertz CT molecular complexity index is 576. The van der Waals surface area contributed by atoms with Crippen LogP contribution in [0.4, 0.5) is 0 Å². The second kappa shape index (κ2) is 5.83. The van der Waals surface area contributed by atoms with Crippen molar-refractivity contribution in [3.8, 4) is 5.75 Å². The third-order valence-electron chi connectivity index (χ3n) is 3.92. The molecule has 2 heterocycles. The molecule has 1 atom stereocenters. The van der Waals surface area contributed by atoms with Crippen LogP contribution in [0.25, 0.3) is 10.9 Å². The lowest BCUT2D eigenvalue weighted by molar-refractivity contribution is 0.106. The Kier molecular flexibility index (Phi) is 3.91. The van der Waals surface area contributed by atoms with E-state index in [1.54, 1.807) is 7.11 Å². The summed E-state index contributed by atoms with van der Waals surface area (Å²) in [5, 5.41) is 14.9. The van der Waals surface area contributed by atoms with Gasteiger partial charge in [-0.05, 0) is 12.1 Å². The van der Waals surface area contributed by atoms with Crippen molar-refractivity contribution < 1.29 is 9.84 Å². The number of β-amino-alcohol motifs (C(OH)–C–C–N with tert-alkyl or cyclic N) is 1. The zero-order chi connectivity index (χ0) is 13.9. The lowest BCUT2D eigenvalue weighted by Crippen LogP contribution is -2.44. The number of rotatable bonds is 4. The quantitative estimate of drug-likeness (QED) is 0.782. The smallest absolute Gasteiger partial charge is 0.120 e. The van der Waals surface area contributed by atoms with Gasteiger partial charge in [0.25, 0.3) is 0 Å². The molecule has 5 nitrogen and oxygen atoms in total. The molecule has 0 aliphatic carbocycles. The molecule has 2 aromatic rings. The first-order chi connectivity index (χ1) is 9.78. The first kappa shape index (κ1) is 13.4. The predicted molar refractivity (Wildman–Crippen MR) is 79.1 cm³/mol. The molecule has 0 spiro atoms. The second-order valence-electron chi connectivity index (χ2n) is 5.22. The third kappa shape index (κ3) is 2.65. The normalized spacial score (nSPS) is 18.3. The number of aromatic amines is 1. The molecule has 1 aromatic carbocycles. The molecule has 20 heavy (non-hydrogen) atoms. The fourth-order valence-electron chi connectivity index (χ4n) is 2.77. The molecule has 1 fully saturated rings. The summed E-state index contributed by atoms with van der Waals surface area (Å²) >= 11 is 0. The van der Waals surface area contributed by atoms with Gasteiger partial charge in [0.2, 0.25) is 0 Å². The van der Waals surface area contributed by atoms with E-state index in [1.807, 2.05) is 24.4 Å². The van der Waals surface area contributed by atoms with E-state index < -0.39 is 6.10 Å².